The molecule has 1 amide bonds. The lowest BCUT2D eigenvalue weighted by Gasteiger charge is -2.37. The molecule has 0 saturated carbocycles. The molecule has 3 nitrogen and oxygen atoms in total. The van der Waals surface area contributed by atoms with Gasteiger partial charge in [0, 0.05) is 12.6 Å². The Morgan fingerprint density at radius 2 is 1.57 bits per heavy atom. The van der Waals surface area contributed by atoms with E-state index in [4.69, 9.17) is 0 Å². The molecule has 2 aromatic rings. The number of amides is 1. The van der Waals surface area contributed by atoms with Gasteiger partial charge in [0.15, 0.2) is 0 Å². The number of carbonyl (C=O) groups is 1. The molecular formula is C25H34N2O. The molecule has 1 saturated heterocycles. The van der Waals surface area contributed by atoms with E-state index in [1.54, 1.807) is 0 Å². The Bertz CT molecular complexity index is 756. The van der Waals surface area contributed by atoms with Crippen LogP contribution in [0.2, 0.25) is 0 Å². The SMILES string of the molecule is Cc1ccc(CN(C(=O)Cc2ccc(C(C)C)cc2)C2CCN(C)CC2)cc1. The van der Waals surface area contributed by atoms with Crippen LogP contribution in [0.15, 0.2) is 48.5 Å². The van der Waals surface area contributed by atoms with Crippen molar-refractivity contribution in [1.29, 1.82) is 0 Å². The first-order valence-electron chi connectivity index (χ1n) is 10.5. The van der Waals surface area contributed by atoms with Crippen LogP contribution in [0, 0.1) is 6.92 Å². The maximum atomic E-state index is 13.3. The van der Waals surface area contributed by atoms with Crippen LogP contribution in [0.4, 0.5) is 0 Å². The number of hydrogen-bond donors (Lipinski definition) is 0. The predicted molar refractivity (Wildman–Crippen MR) is 116 cm³/mol. The Kier molecular flexibility index (Phi) is 6.90. The maximum absolute atomic E-state index is 13.3. The first-order valence-corrected chi connectivity index (χ1v) is 10.5. The summed E-state index contributed by atoms with van der Waals surface area (Å²) in [7, 11) is 2.17. The quantitative estimate of drug-likeness (QED) is 0.722. The zero-order chi connectivity index (χ0) is 20.1. The van der Waals surface area contributed by atoms with Crippen molar-refractivity contribution >= 4 is 5.91 Å². The third-order valence-electron chi connectivity index (χ3n) is 5.92. The van der Waals surface area contributed by atoms with E-state index < -0.39 is 0 Å². The molecule has 0 spiro atoms. The smallest absolute Gasteiger partial charge is 0.227 e. The fourth-order valence-corrected chi connectivity index (χ4v) is 3.91. The molecule has 150 valence electrons. The Morgan fingerprint density at radius 3 is 2.14 bits per heavy atom. The van der Waals surface area contributed by atoms with Gasteiger partial charge >= 0.3 is 0 Å². The Morgan fingerprint density at radius 1 is 1.00 bits per heavy atom. The standard InChI is InChI=1S/C25H34N2O/c1-19(2)23-11-9-21(10-12-23)17-25(28)27(24-13-15-26(4)16-14-24)18-22-7-5-20(3)6-8-22/h5-12,19,24H,13-18H2,1-4H3. The normalized spacial score (nSPS) is 15.8. The molecule has 0 N–H and O–H groups in total. The van der Waals surface area contributed by atoms with Crippen molar-refractivity contribution in [2.24, 2.45) is 0 Å². The lowest BCUT2D eigenvalue weighted by atomic mass is 9.99. The second-order valence-electron chi connectivity index (χ2n) is 8.61. The highest BCUT2D eigenvalue weighted by atomic mass is 16.2. The first kappa shape index (κ1) is 20.6. The minimum atomic E-state index is 0.243. The third kappa shape index (κ3) is 5.45. The van der Waals surface area contributed by atoms with Gasteiger partial charge < -0.3 is 9.80 Å². The van der Waals surface area contributed by atoms with Crippen molar-refractivity contribution in [2.45, 2.75) is 58.5 Å². The Labute approximate surface area is 170 Å². The summed E-state index contributed by atoms with van der Waals surface area (Å²) in [6, 6.07) is 17.5. The zero-order valence-electron chi connectivity index (χ0n) is 17.8. The molecule has 3 rings (SSSR count). The topological polar surface area (TPSA) is 23.6 Å². The van der Waals surface area contributed by atoms with Crippen molar-refractivity contribution in [2.75, 3.05) is 20.1 Å². The molecular weight excluding hydrogens is 344 g/mol. The number of benzene rings is 2. The van der Waals surface area contributed by atoms with E-state index in [9.17, 15) is 4.79 Å². The monoisotopic (exact) mass is 378 g/mol. The van der Waals surface area contributed by atoms with Crippen molar-refractivity contribution in [3.05, 3.63) is 70.8 Å². The van der Waals surface area contributed by atoms with E-state index in [0.29, 0.717) is 24.9 Å². The summed E-state index contributed by atoms with van der Waals surface area (Å²) in [6.45, 7) is 9.33. The third-order valence-corrected chi connectivity index (χ3v) is 5.92. The fraction of sp³-hybridized carbons (Fsp3) is 0.480. The Balaban J connectivity index is 1.74. The van der Waals surface area contributed by atoms with E-state index in [1.165, 1.54) is 16.7 Å². The van der Waals surface area contributed by atoms with Gasteiger partial charge in [-0.15, -0.1) is 0 Å². The van der Waals surface area contributed by atoms with Crippen LogP contribution in [0.25, 0.3) is 0 Å². The molecule has 0 bridgehead atoms. The average molecular weight is 379 g/mol. The van der Waals surface area contributed by atoms with Gasteiger partial charge in [0.2, 0.25) is 5.91 Å². The lowest BCUT2D eigenvalue weighted by Crippen LogP contribution is -2.46. The molecule has 1 fully saturated rings. The average Bonchev–Trinajstić information content (AvgIpc) is 2.68. The predicted octanol–water partition coefficient (Wildman–Crippen LogP) is 4.78. The molecule has 28 heavy (non-hydrogen) atoms. The zero-order valence-corrected chi connectivity index (χ0v) is 17.8. The van der Waals surface area contributed by atoms with E-state index in [0.717, 1.165) is 31.5 Å². The minimum Gasteiger partial charge on any atom is -0.335 e. The van der Waals surface area contributed by atoms with Crippen LogP contribution in [-0.4, -0.2) is 41.9 Å². The number of nitrogens with zero attached hydrogens (tertiary/aromatic N) is 2. The Hall–Kier alpha value is -2.13. The molecule has 0 radical (unpaired) electrons. The largest absolute Gasteiger partial charge is 0.335 e. The second kappa shape index (κ2) is 9.38. The van der Waals surface area contributed by atoms with Gasteiger partial charge in [0.1, 0.15) is 0 Å². The molecule has 1 heterocycles. The molecule has 0 aliphatic carbocycles. The number of aryl methyl sites for hydroxylation is 1. The molecule has 0 aromatic heterocycles. The van der Waals surface area contributed by atoms with Gasteiger partial charge in [-0.25, -0.2) is 0 Å². The summed E-state index contributed by atoms with van der Waals surface area (Å²) in [5.74, 6) is 0.759. The second-order valence-corrected chi connectivity index (χ2v) is 8.61. The highest BCUT2D eigenvalue weighted by Gasteiger charge is 2.27. The first-order chi connectivity index (χ1) is 13.4. The summed E-state index contributed by atoms with van der Waals surface area (Å²) in [5, 5.41) is 0. The van der Waals surface area contributed by atoms with E-state index >= 15 is 0 Å². The highest BCUT2D eigenvalue weighted by molar-refractivity contribution is 5.79. The number of piperidine rings is 1. The summed E-state index contributed by atoms with van der Waals surface area (Å²) in [4.78, 5) is 17.8. The van der Waals surface area contributed by atoms with E-state index in [1.807, 2.05) is 0 Å². The van der Waals surface area contributed by atoms with Crippen molar-refractivity contribution in [1.82, 2.24) is 9.80 Å². The molecule has 2 aromatic carbocycles. The van der Waals surface area contributed by atoms with Gasteiger partial charge in [-0.1, -0.05) is 67.9 Å². The number of carbonyl (C=O) groups excluding carboxylic acids is 1. The van der Waals surface area contributed by atoms with Crippen LogP contribution >= 0.6 is 0 Å². The summed E-state index contributed by atoms with van der Waals surface area (Å²) in [6.07, 6.45) is 2.59. The van der Waals surface area contributed by atoms with E-state index in [2.05, 4.69) is 86.1 Å². The van der Waals surface area contributed by atoms with Crippen LogP contribution < -0.4 is 0 Å². The van der Waals surface area contributed by atoms with Crippen molar-refractivity contribution in [3.63, 3.8) is 0 Å². The maximum Gasteiger partial charge on any atom is 0.227 e. The summed E-state index contributed by atoms with van der Waals surface area (Å²) in [5.41, 5.74) is 4.90. The van der Waals surface area contributed by atoms with Gasteiger partial charge in [-0.3, -0.25) is 4.79 Å². The summed E-state index contributed by atoms with van der Waals surface area (Å²) < 4.78 is 0. The molecule has 1 aliphatic rings. The fourth-order valence-electron chi connectivity index (χ4n) is 3.91. The lowest BCUT2D eigenvalue weighted by molar-refractivity contribution is -0.134. The van der Waals surface area contributed by atoms with Crippen LogP contribution in [-0.2, 0) is 17.8 Å². The number of hydrogen-bond acceptors (Lipinski definition) is 2. The number of rotatable bonds is 6. The van der Waals surface area contributed by atoms with E-state index in [-0.39, 0.29) is 5.91 Å². The minimum absolute atomic E-state index is 0.243. The molecule has 1 aliphatic heterocycles. The molecule has 0 unspecified atom stereocenters. The number of likely N-dealkylation sites (tertiary alicyclic amines) is 1. The van der Waals surface area contributed by atoms with Gasteiger partial charge in [0.05, 0.1) is 6.42 Å². The van der Waals surface area contributed by atoms with Crippen molar-refractivity contribution < 1.29 is 4.79 Å². The summed E-state index contributed by atoms with van der Waals surface area (Å²) >= 11 is 0. The highest BCUT2D eigenvalue weighted by Crippen LogP contribution is 2.21. The van der Waals surface area contributed by atoms with Crippen LogP contribution in [0.3, 0.4) is 0 Å². The van der Waals surface area contributed by atoms with Gasteiger partial charge in [-0.05, 0) is 62.5 Å². The van der Waals surface area contributed by atoms with Crippen molar-refractivity contribution in [3.8, 4) is 0 Å². The van der Waals surface area contributed by atoms with Crippen LogP contribution in [0.5, 0.6) is 0 Å². The van der Waals surface area contributed by atoms with Gasteiger partial charge in [-0.2, -0.15) is 0 Å². The molecule has 3 heteroatoms. The van der Waals surface area contributed by atoms with Crippen LogP contribution in [0.1, 0.15) is 54.9 Å². The molecule has 0 atom stereocenters. The van der Waals surface area contributed by atoms with Gasteiger partial charge in [0.25, 0.3) is 0 Å².